The van der Waals surface area contributed by atoms with Crippen molar-refractivity contribution in [2.45, 2.75) is 51.1 Å². The Labute approximate surface area is 227 Å². The molecule has 2 aromatic rings. The standard InChI is InChI=1S/C28H38N2O4.2ClH/c1-5-17-16-30-9-7-19-13-27(33-3)28(34-4)15-22(19)24(30)11-20(17)10-23-21-14-26(32-2)25(31)12-18(21)6-8-29-23;;/h12-15,17,20,23-24,29,31H,5-11,16H2,1-4H3;2*1H/t17-,20-,23+,24-;;/m0../s1. The number of aromatic hydroxyl groups is 1. The Balaban J connectivity index is 0.00000180. The number of nitrogens with zero attached hydrogens (tertiary/aromatic N) is 1. The Bertz CT molecular complexity index is 1050. The van der Waals surface area contributed by atoms with E-state index >= 15 is 0 Å². The number of rotatable bonds is 6. The van der Waals surface area contributed by atoms with Crippen LogP contribution in [0.5, 0.6) is 23.0 Å². The number of piperidine rings is 1. The fraction of sp³-hybridized carbons (Fsp3) is 0.571. The second-order valence-corrected chi connectivity index (χ2v) is 10.0. The zero-order valence-corrected chi connectivity index (χ0v) is 23.3. The van der Waals surface area contributed by atoms with Crippen LogP contribution < -0.4 is 19.5 Å². The quantitative estimate of drug-likeness (QED) is 0.507. The Morgan fingerprint density at radius 1 is 0.889 bits per heavy atom. The van der Waals surface area contributed by atoms with Gasteiger partial charge in [0.1, 0.15) is 0 Å². The maximum atomic E-state index is 10.3. The van der Waals surface area contributed by atoms with Gasteiger partial charge in [0.2, 0.25) is 0 Å². The molecule has 4 atom stereocenters. The zero-order valence-electron chi connectivity index (χ0n) is 21.7. The van der Waals surface area contributed by atoms with Crippen LogP contribution >= 0.6 is 24.8 Å². The molecule has 0 radical (unpaired) electrons. The van der Waals surface area contributed by atoms with Crippen molar-refractivity contribution in [1.82, 2.24) is 10.2 Å². The predicted molar refractivity (Wildman–Crippen MR) is 148 cm³/mol. The molecule has 3 aliphatic rings. The second kappa shape index (κ2) is 12.1. The second-order valence-electron chi connectivity index (χ2n) is 10.0. The monoisotopic (exact) mass is 538 g/mol. The molecule has 0 aromatic heterocycles. The molecule has 3 aliphatic heterocycles. The summed E-state index contributed by atoms with van der Waals surface area (Å²) < 4.78 is 16.7. The number of nitrogens with one attached hydrogen (secondary N) is 1. The number of hydrogen-bond donors (Lipinski definition) is 2. The van der Waals surface area contributed by atoms with Crippen molar-refractivity contribution >= 4 is 24.8 Å². The third-order valence-electron chi connectivity index (χ3n) is 8.44. The summed E-state index contributed by atoms with van der Waals surface area (Å²) in [6.07, 6.45) is 5.46. The van der Waals surface area contributed by atoms with Crippen molar-refractivity contribution in [1.29, 1.82) is 0 Å². The first-order valence-electron chi connectivity index (χ1n) is 12.7. The molecule has 3 heterocycles. The lowest BCUT2D eigenvalue weighted by atomic mass is 9.72. The Hall–Kier alpha value is -1.86. The van der Waals surface area contributed by atoms with Crippen LogP contribution in [-0.4, -0.2) is 51.0 Å². The van der Waals surface area contributed by atoms with E-state index in [4.69, 9.17) is 14.2 Å². The predicted octanol–water partition coefficient (Wildman–Crippen LogP) is 5.48. The van der Waals surface area contributed by atoms with E-state index in [0.29, 0.717) is 23.6 Å². The van der Waals surface area contributed by atoms with E-state index in [9.17, 15) is 5.11 Å². The van der Waals surface area contributed by atoms with E-state index in [1.165, 1.54) is 28.7 Å². The van der Waals surface area contributed by atoms with Gasteiger partial charge >= 0.3 is 0 Å². The molecule has 8 heteroatoms. The van der Waals surface area contributed by atoms with Crippen LogP contribution in [0.4, 0.5) is 0 Å². The molecule has 6 nitrogen and oxygen atoms in total. The SMILES string of the molecule is CC[C@H]1CN2CCc3cc(OC)c(OC)cc3[C@@H]2C[C@@H]1C[C@H]1NCCc2cc(O)c(OC)cc21.Cl.Cl. The van der Waals surface area contributed by atoms with Crippen molar-refractivity contribution in [3.05, 3.63) is 46.5 Å². The van der Waals surface area contributed by atoms with Gasteiger partial charge in [0.15, 0.2) is 23.0 Å². The molecule has 1 fully saturated rings. The maximum absolute atomic E-state index is 10.3. The number of methoxy groups -OCH3 is 3. The van der Waals surface area contributed by atoms with E-state index in [1.54, 1.807) is 21.3 Å². The maximum Gasteiger partial charge on any atom is 0.161 e. The Morgan fingerprint density at radius 2 is 1.56 bits per heavy atom. The Morgan fingerprint density at radius 3 is 2.25 bits per heavy atom. The first-order valence-corrected chi connectivity index (χ1v) is 12.7. The molecule has 5 rings (SSSR count). The zero-order chi connectivity index (χ0) is 23.8. The first kappa shape index (κ1) is 28.7. The lowest BCUT2D eigenvalue weighted by Crippen LogP contribution is -2.46. The summed E-state index contributed by atoms with van der Waals surface area (Å²) in [5, 5.41) is 14.1. The van der Waals surface area contributed by atoms with Gasteiger partial charge in [-0.15, -0.1) is 24.8 Å². The van der Waals surface area contributed by atoms with Crippen molar-refractivity contribution < 1.29 is 19.3 Å². The molecule has 0 spiro atoms. The summed E-state index contributed by atoms with van der Waals surface area (Å²) in [4.78, 5) is 2.70. The number of fused-ring (bicyclic) bond motifs is 4. The van der Waals surface area contributed by atoms with E-state index in [-0.39, 0.29) is 36.6 Å². The van der Waals surface area contributed by atoms with Gasteiger partial charge in [-0.05, 0) is 90.6 Å². The van der Waals surface area contributed by atoms with Crippen LogP contribution in [0, 0.1) is 11.8 Å². The minimum Gasteiger partial charge on any atom is -0.504 e. The van der Waals surface area contributed by atoms with Gasteiger partial charge in [-0.2, -0.15) is 0 Å². The van der Waals surface area contributed by atoms with Gasteiger partial charge in [-0.1, -0.05) is 13.3 Å². The smallest absolute Gasteiger partial charge is 0.161 e. The molecular weight excluding hydrogens is 499 g/mol. The molecule has 36 heavy (non-hydrogen) atoms. The largest absolute Gasteiger partial charge is 0.504 e. The first-order chi connectivity index (χ1) is 16.6. The fourth-order valence-corrected chi connectivity index (χ4v) is 6.59. The molecule has 0 saturated carbocycles. The molecule has 0 bridgehead atoms. The summed E-state index contributed by atoms with van der Waals surface area (Å²) in [7, 11) is 5.06. The number of ether oxygens (including phenoxy) is 3. The minimum absolute atomic E-state index is 0. The summed E-state index contributed by atoms with van der Waals surface area (Å²) in [5.74, 6) is 3.76. The van der Waals surface area contributed by atoms with Crippen LogP contribution in [0.2, 0.25) is 0 Å². The van der Waals surface area contributed by atoms with Gasteiger partial charge < -0.3 is 24.6 Å². The third kappa shape index (κ3) is 5.24. The van der Waals surface area contributed by atoms with Crippen molar-refractivity contribution in [2.24, 2.45) is 11.8 Å². The van der Waals surface area contributed by atoms with Crippen molar-refractivity contribution in [3.63, 3.8) is 0 Å². The molecule has 0 unspecified atom stereocenters. The van der Waals surface area contributed by atoms with Gasteiger partial charge in [-0.3, -0.25) is 4.90 Å². The van der Waals surface area contributed by atoms with Gasteiger partial charge in [0.25, 0.3) is 0 Å². The van der Waals surface area contributed by atoms with Crippen LogP contribution in [0.15, 0.2) is 24.3 Å². The van der Waals surface area contributed by atoms with Crippen LogP contribution in [-0.2, 0) is 12.8 Å². The van der Waals surface area contributed by atoms with E-state index in [2.05, 4.69) is 29.3 Å². The molecule has 0 aliphatic carbocycles. The molecule has 0 amide bonds. The average Bonchev–Trinajstić information content (AvgIpc) is 2.87. The summed E-state index contributed by atoms with van der Waals surface area (Å²) in [5.41, 5.74) is 5.34. The lowest BCUT2D eigenvalue weighted by molar-refractivity contribution is 0.0434. The van der Waals surface area contributed by atoms with Crippen LogP contribution in [0.25, 0.3) is 0 Å². The number of halogens is 2. The number of benzene rings is 2. The highest BCUT2D eigenvalue weighted by molar-refractivity contribution is 5.85. The minimum atomic E-state index is 0. The Kier molecular flexibility index (Phi) is 9.67. The van der Waals surface area contributed by atoms with Gasteiger partial charge in [-0.25, -0.2) is 0 Å². The van der Waals surface area contributed by atoms with Gasteiger partial charge in [0, 0.05) is 25.2 Å². The van der Waals surface area contributed by atoms with E-state index in [1.807, 2.05) is 12.1 Å². The van der Waals surface area contributed by atoms with E-state index < -0.39 is 0 Å². The highest BCUT2D eigenvalue weighted by atomic mass is 35.5. The molecule has 2 N–H and O–H groups in total. The van der Waals surface area contributed by atoms with Crippen LogP contribution in [0.3, 0.4) is 0 Å². The normalized spacial score (nSPS) is 24.8. The number of hydrogen-bond acceptors (Lipinski definition) is 6. The van der Waals surface area contributed by atoms with Crippen molar-refractivity contribution in [2.75, 3.05) is 41.0 Å². The molecular formula is C28H40Cl2N2O4. The highest BCUT2D eigenvalue weighted by Gasteiger charge is 2.40. The fourth-order valence-electron chi connectivity index (χ4n) is 6.59. The van der Waals surface area contributed by atoms with Crippen LogP contribution in [0.1, 0.15) is 60.5 Å². The van der Waals surface area contributed by atoms with Crippen molar-refractivity contribution in [3.8, 4) is 23.0 Å². The molecule has 2 aromatic carbocycles. The van der Waals surface area contributed by atoms with E-state index in [0.717, 1.165) is 56.8 Å². The number of phenolic OH excluding ortho intramolecular Hbond substituents is 1. The molecule has 1 saturated heterocycles. The summed E-state index contributed by atoms with van der Waals surface area (Å²) in [6, 6.07) is 9.06. The summed E-state index contributed by atoms with van der Waals surface area (Å²) >= 11 is 0. The lowest BCUT2D eigenvalue weighted by Gasteiger charge is -2.48. The number of phenols is 1. The highest BCUT2D eigenvalue weighted by Crippen LogP contribution is 2.47. The topological polar surface area (TPSA) is 63.2 Å². The third-order valence-corrected chi connectivity index (χ3v) is 8.44. The van der Waals surface area contributed by atoms with Gasteiger partial charge in [0.05, 0.1) is 21.3 Å². The molecule has 200 valence electrons. The average molecular weight is 540 g/mol. The summed E-state index contributed by atoms with van der Waals surface area (Å²) in [6.45, 7) is 5.55.